The Hall–Kier alpha value is -2.48. The normalized spacial score (nSPS) is 22.8. The molecule has 1 aromatic carbocycles. The zero-order chi connectivity index (χ0) is 18.3. The van der Waals surface area contributed by atoms with E-state index in [1.807, 2.05) is 49.3 Å². The number of aliphatic hydroxyl groups excluding tert-OH is 2. The molecular weight excluding hydrogens is 334 g/mol. The molecule has 3 aromatic rings. The summed E-state index contributed by atoms with van der Waals surface area (Å²) in [5.41, 5.74) is 4.02. The lowest BCUT2D eigenvalue weighted by atomic mass is 10.1. The van der Waals surface area contributed by atoms with Crippen molar-refractivity contribution < 1.29 is 19.4 Å². The summed E-state index contributed by atoms with van der Waals surface area (Å²) in [5.74, 6) is 0.461. The lowest BCUT2D eigenvalue weighted by Crippen LogP contribution is -2.24. The monoisotopic (exact) mass is 355 g/mol. The SMILES string of the molecule is CN(C)c1ccc2nc(-c3ccc([C@H]4CC(O)[C@@H](CO)O4)cn3)oc2c1. The average Bonchev–Trinajstić information content (AvgIpc) is 3.24. The molecular formula is C19H21N3O4. The van der Waals surface area contributed by atoms with E-state index in [9.17, 15) is 10.2 Å². The molecule has 0 bridgehead atoms. The Morgan fingerprint density at radius 2 is 2.08 bits per heavy atom. The lowest BCUT2D eigenvalue weighted by molar-refractivity contribution is -0.0226. The highest BCUT2D eigenvalue weighted by molar-refractivity contribution is 5.79. The first-order chi connectivity index (χ1) is 12.5. The number of oxazole rings is 1. The second-order valence-electron chi connectivity index (χ2n) is 6.69. The highest BCUT2D eigenvalue weighted by Crippen LogP contribution is 2.33. The quantitative estimate of drug-likeness (QED) is 0.741. The van der Waals surface area contributed by atoms with Crippen molar-refractivity contribution in [1.29, 1.82) is 0 Å². The molecule has 7 heteroatoms. The summed E-state index contributed by atoms with van der Waals surface area (Å²) in [6.07, 6.45) is 0.680. The third-order valence-corrected chi connectivity index (χ3v) is 4.67. The molecule has 0 radical (unpaired) electrons. The van der Waals surface area contributed by atoms with Crippen LogP contribution in [0.2, 0.25) is 0 Å². The molecule has 3 heterocycles. The number of fused-ring (bicyclic) bond motifs is 1. The minimum absolute atomic E-state index is 0.193. The number of ether oxygens (including phenoxy) is 1. The van der Waals surface area contributed by atoms with Crippen LogP contribution in [-0.2, 0) is 4.74 Å². The van der Waals surface area contributed by atoms with Gasteiger partial charge in [-0.1, -0.05) is 6.07 Å². The van der Waals surface area contributed by atoms with Crippen LogP contribution in [-0.4, -0.2) is 53.1 Å². The Labute approximate surface area is 150 Å². The molecule has 0 amide bonds. The maximum Gasteiger partial charge on any atom is 0.246 e. The molecule has 1 saturated heterocycles. The van der Waals surface area contributed by atoms with Gasteiger partial charge in [0.1, 0.15) is 17.3 Å². The molecule has 1 unspecified atom stereocenters. The van der Waals surface area contributed by atoms with E-state index in [0.717, 1.165) is 16.8 Å². The number of hydrogen-bond acceptors (Lipinski definition) is 7. The number of pyridine rings is 1. The van der Waals surface area contributed by atoms with E-state index >= 15 is 0 Å². The molecule has 2 N–H and O–H groups in total. The van der Waals surface area contributed by atoms with E-state index in [0.29, 0.717) is 23.6 Å². The second kappa shape index (κ2) is 6.68. The number of nitrogens with zero attached hydrogens (tertiary/aromatic N) is 3. The van der Waals surface area contributed by atoms with Crippen molar-refractivity contribution >= 4 is 16.8 Å². The molecule has 7 nitrogen and oxygen atoms in total. The molecule has 0 aliphatic carbocycles. The van der Waals surface area contributed by atoms with Gasteiger partial charge in [0.05, 0.1) is 18.8 Å². The molecule has 3 atom stereocenters. The van der Waals surface area contributed by atoms with Gasteiger partial charge in [0.2, 0.25) is 5.89 Å². The van der Waals surface area contributed by atoms with Crippen LogP contribution in [0, 0.1) is 0 Å². The van der Waals surface area contributed by atoms with E-state index < -0.39 is 12.2 Å². The van der Waals surface area contributed by atoms with Gasteiger partial charge in [0.25, 0.3) is 0 Å². The molecule has 0 saturated carbocycles. The van der Waals surface area contributed by atoms with Gasteiger partial charge in [-0.2, -0.15) is 0 Å². The zero-order valence-corrected chi connectivity index (χ0v) is 14.7. The van der Waals surface area contributed by atoms with Crippen LogP contribution >= 0.6 is 0 Å². The van der Waals surface area contributed by atoms with E-state index in [2.05, 4.69) is 9.97 Å². The summed E-state index contributed by atoms with van der Waals surface area (Å²) in [7, 11) is 3.95. The predicted molar refractivity (Wildman–Crippen MR) is 96.9 cm³/mol. The first-order valence-electron chi connectivity index (χ1n) is 8.54. The van der Waals surface area contributed by atoms with E-state index in [1.54, 1.807) is 6.20 Å². The van der Waals surface area contributed by atoms with Crippen LogP contribution in [0.25, 0.3) is 22.7 Å². The fourth-order valence-electron chi connectivity index (χ4n) is 3.13. The maximum atomic E-state index is 9.86. The lowest BCUT2D eigenvalue weighted by Gasteiger charge is -2.12. The van der Waals surface area contributed by atoms with Crippen LogP contribution in [0.3, 0.4) is 0 Å². The fourth-order valence-corrected chi connectivity index (χ4v) is 3.13. The first-order valence-corrected chi connectivity index (χ1v) is 8.54. The first kappa shape index (κ1) is 17.0. The van der Waals surface area contributed by atoms with Crippen molar-refractivity contribution in [3.8, 4) is 11.6 Å². The van der Waals surface area contributed by atoms with Gasteiger partial charge >= 0.3 is 0 Å². The highest BCUT2D eigenvalue weighted by Gasteiger charge is 2.34. The Kier molecular flexibility index (Phi) is 4.36. The minimum Gasteiger partial charge on any atom is -0.435 e. The molecule has 2 aromatic heterocycles. The number of hydrogen-bond donors (Lipinski definition) is 2. The number of anilines is 1. The molecule has 1 fully saturated rings. The molecule has 4 rings (SSSR count). The van der Waals surface area contributed by atoms with Gasteiger partial charge in [-0.3, -0.25) is 4.98 Å². The zero-order valence-electron chi connectivity index (χ0n) is 14.7. The van der Waals surface area contributed by atoms with Crippen LogP contribution in [0.1, 0.15) is 18.1 Å². The fraction of sp³-hybridized carbons (Fsp3) is 0.368. The van der Waals surface area contributed by atoms with Crippen molar-refractivity contribution in [3.05, 3.63) is 42.1 Å². The summed E-state index contributed by atoms with van der Waals surface area (Å²) >= 11 is 0. The number of benzene rings is 1. The van der Waals surface area contributed by atoms with Gasteiger partial charge in [-0.25, -0.2) is 4.98 Å². The number of rotatable bonds is 4. The van der Waals surface area contributed by atoms with Crippen molar-refractivity contribution in [1.82, 2.24) is 9.97 Å². The Morgan fingerprint density at radius 1 is 1.23 bits per heavy atom. The number of aliphatic hydroxyl groups is 2. The molecule has 1 aliphatic rings. The van der Waals surface area contributed by atoms with Crippen molar-refractivity contribution in [2.45, 2.75) is 24.7 Å². The third-order valence-electron chi connectivity index (χ3n) is 4.67. The van der Waals surface area contributed by atoms with Gasteiger partial charge in [-0.05, 0) is 23.8 Å². The standard InChI is InChI=1S/C19H21N3O4/c1-22(2)12-4-6-13-17(7-12)26-19(21-13)14-5-3-11(9-20-14)16-8-15(24)18(10-23)25-16/h3-7,9,15-16,18,23-24H,8,10H2,1-2H3/t15?,16-,18-/m1/s1. The van der Waals surface area contributed by atoms with Gasteiger partial charge in [0, 0.05) is 38.5 Å². The molecule has 136 valence electrons. The number of aromatic nitrogens is 2. The van der Waals surface area contributed by atoms with Crippen molar-refractivity contribution in [3.63, 3.8) is 0 Å². The summed E-state index contributed by atoms with van der Waals surface area (Å²) in [6.45, 7) is -0.193. The van der Waals surface area contributed by atoms with Crippen LogP contribution in [0.5, 0.6) is 0 Å². The summed E-state index contributed by atoms with van der Waals surface area (Å²) in [4.78, 5) is 10.9. The highest BCUT2D eigenvalue weighted by atomic mass is 16.5. The predicted octanol–water partition coefficient (Wildman–Crippen LogP) is 2.14. The molecule has 1 aliphatic heterocycles. The summed E-state index contributed by atoms with van der Waals surface area (Å²) < 4.78 is 11.5. The molecule has 0 spiro atoms. The van der Waals surface area contributed by atoms with Gasteiger partial charge < -0.3 is 24.3 Å². The van der Waals surface area contributed by atoms with E-state index in [-0.39, 0.29) is 12.7 Å². The van der Waals surface area contributed by atoms with E-state index in [4.69, 9.17) is 9.15 Å². The Bertz CT molecular complexity index is 907. The summed E-state index contributed by atoms with van der Waals surface area (Å²) in [5, 5.41) is 19.1. The van der Waals surface area contributed by atoms with Crippen molar-refractivity contribution in [2.75, 3.05) is 25.6 Å². The minimum atomic E-state index is -0.660. The average molecular weight is 355 g/mol. The second-order valence-corrected chi connectivity index (χ2v) is 6.69. The largest absolute Gasteiger partial charge is 0.435 e. The Balaban J connectivity index is 1.58. The third kappa shape index (κ3) is 3.05. The van der Waals surface area contributed by atoms with Crippen LogP contribution < -0.4 is 4.90 Å². The van der Waals surface area contributed by atoms with Gasteiger partial charge in [0.15, 0.2) is 5.58 Å². The van der Waals surface area contributed by atoms with Crippen molar-refractivity contribution in [2.24, 2.45) is 0 Å². The topological polar surface area (TPSA) is 91.9 Å². The van der Waals surface area contributed by atoms with Gasteiger partial charge in [-0.15, -0.1) is 0 Å². The van der Waals surface area contributed by atoms with Crippen LogP contribution in [0.15, 0.2) is 40.9 Å². The molecule has 26 heavy (non-hydrogen) atoms. The summed E-state index contributed by atoms with van der Waals surface area (Å²) in [6, 6.07) is 9.58. The van der Waals surface area contributed by atoms with E-state index in [1.165, 1.54) is 0 Å². The maximum absolute atomic E-state index is 9.86. The smallest absolute Gasteiger partial charge is 0.246 e. The Morgan fingerprint density at radius 3 is 2.73 bits per heavy atom. The van der Waals surface area contributed by atoms with Crippen LogP contribution in [0.4, 0.5) is 5.69 Å².